The first-order valence-electron chi connectivity index (χ1n) is 5.47. The van der Waals surface area contributed by atoms with Crippen LogP contribution in [0.2, 0.25) is 0 Å². The second kappa shape index (κ2) is 5.31. The maximum atomic E-state index is 12.9. The SMILES string of the molecule is Nc1cc(NC(=O)CCn2cccn2)ccc1F. The normalized spacial score (nSPS) is 10.3. The zero-order valence-electron chi connectivity index (χ0n) is 9.64. The fraction of sp³-hybridized carbons (Fsp3) is 0.167. The van der Waals surface area contributed by atoms with Crippen LogP contribution >= 0.6 is 0 Å². The molecule has 2 aromatic rings. The summed E-state index contributed by atoms with van der Waals surface area (Å²) in [5, 5.41) is 6.63. The van der Waals surface area contributed by atoms with Gasteiger partial charge >= 0.3 is 0 Å². The number of nitrogens with two attached hydrogens (primary N) is 1. The molecule has 1 heterocycles. The third-order valence-corrected chi connectivity index (χ3v) is 2.41. The molecule has 0 aliphatic carbocycles. The second-order valence-corrected chi connectivity index (χ2v) is 3.80. The second-order valence-electron chi connectivity index (χ2n) is 3.80. The summed E-state index contributed by atoms with van der Waals surface area (Å²) >= 11 is 0. The molecule has 1 amide bonds. The van der Waals surface area contributed by atoms with Crippen molar-refractivity contribution < 1.29 is 9.18 Å². The Balaban J connectivity index is 1.88. The fourth-order valence-electron chi connectivity index (χ4n) is 1.49. The molecule has 0 aliphatic heterocycles. The summed E-state index contributed by atoms with van der Waals surface area (Å²) < 4.78 is 14.6. The molecule has 0 radical (unpaired) electrons. The van der Waals surface area contributed by atoms with Crippen LogP contribution in [0.5, 0.6) is 0 Å². The number of aromatic nitrogens is 2. The first-order valence-corrected chi connectivity index (χ1v) is 5.47. The Labute approximate surface area is 103 Å². The number of anilines is 2. The van der Waals surface area contributed by atoms with Gasteiger partial charge in [-0.05, 0) is 24.3 Å². The highest BCUT2D eigenvalue weighted by Gasteiger charge is 2.05. The molecule has 0 saturated heterocycles. The minimum atomic E-state index is -0.496. The van der Waals surface area contributed by atoms with Gasteiger partial charge in [0, 0.05) is 31.0 Å². The van der Waals surface area contributed by atoms with Gasteiger partial charge in [-0.3, -0.25) is 9.48 Å². The summed E-state index contributed by atoms with van der Waals surface area (Å²) in [5.74, 6) is -0.666. The van der Waals surface area contributed by atoms with Crippen molar-refractivity contribution >= 4 is 17.3 Å². The van der Waals surface area contributed by atoms with Crippen molar-refractivity contribution in [1.29, 1.82) is 0 Å². The van der Waals surface area contributed by atoms with Gasteiger partial charge in [-0.1, -0.05) is 0 Å². The molecule has 1 aromatic carbocycles. The molecule has 0 spiro atoms. The van der Waals surface area contributed by atoms with Crippen molar-refractivity contribution in [3.8, 4) is 0 Å². The molecular formula is C12H13FN4O. The van der Waals surface area contributed by atoms with Crippen LogP contribution in [0.3, 0.4) is 0 Å². The van der Waals surface area contributed by atoms with Crippen molar-refractivity contribution in [3.05, 3.63) is 42.5 Å². The number of carbonyl (C=O) groups is 1. The van der Waals surface area contributed by atoms with E-state index >= 15 is 0 Å². The van der Waals surface area contributed by atoms with Gasteiger partial charge in [-0.2, -0.15) is 5.10 Å². The van der Waals surface area contributed by atoms with Gasteiger partial charge in [0.25, 0.3) is 0 Å². The molecule has 0 unspecified atom stereocenters. The van der Waals surface area contributed by atoms with Crippen molar-refractivity contribution in [2.24, 2.45) is 0 Å². The van der Waals surface area contributed by atoms with Crippen molar-refractivity contribution in [2.45, 2.75) is 13.0 Å². The lowest BCUT2D eigenvalue weighted by Crippen LogP contribution is -2.14. The van der Waals surface area contributed by atoms with Crippen LogP contribution in [-0.4, -0.2) is 15.7 Å². The number of rotatable bonds is 4. The quantitative estimate of drug-likeness (QED) is 0.808. The van der Waals surface area contributed by atoms with E-state index in [1.165, 1.54) is 18.2 Å². The lowest BCUT2D eigenvalue weighted by atomic mass is 10.2. The number of aryl methyl sites for hydroxylation is 1. The molecule has 18 heavy (non-hydrogen) atoms. The van der Waals surface area contributed by atoms with Crippen LogP contribution in [0.15, 0.2) is 36.7 Å². The van der Waals surface area contributed by atoms with Gasteiger partial charge in [0.05, 0.1) is 5.69 Å². The number of halogens is 1. The number of hydrogen-bond donors (Lipinski definition) is 2. The average Bonchev–Trinajstić information content (AvgIpc) is 2.84. The number of hydrogen-bond acceptors (Lipinski definition) is 3. The number of carbonyl (C=O) groups excluding carboxylic acids is 1. The molecule has 0 fully saturated rings. The maximum absolute atomic E-state index is 12.9. The zero-order chi connectivity index (χ0) is 13.0. The van der Waals surface area contributed by atoms with Crippen molar-refractivity contribution in [3.63, 3.8) is 0 Å². The van der Waals surface area contributed by atoms with Crippen LogP contribution in [0.4, 0.5) is 15.8 Å². The third-order valence-electron chi connectivity index (χ3n) is 2.41. The third kappa shape index (κ3) is 3.07. The Morgan fingerprint density at radius 3 is 3.00 bits per heavy atom. The molecule has 1 aromatic heterocycles. The van der Waals surface area contributed by atoms with Crippen LogP contribution in [-0.2, 0) is 11.3 Å². The summed E-state index contributed by atoms with van der Waals surface area (Å²) in [4.78, 5) is 11.6. The van der Waals surface area contributed by atoms with Crippen LogP contribution < -0.4 is 11.1 Å². The molecule has 0 atom stereocenters. The number of benzene rings is 1. The summed E-state index contributed by atoms with van der Waals surface area (Å²) in [6.45, 7) is 0.496. The molecule has 6 heteroatoms. The van der Waals surface area contributed by atoms with Gasteiger partial charge in [0.1, 0.15) is 5.82 Å². The lowest BCUT2D eigenvalue weighted by Gasteiger charge is -2.06. The smallest absolute Gasteiger partial charge is 0.226 e. The Bertz CT molecular complexity index is 539. The Kier molecular flexibility index (Phi) is 3.57. The predicted octanol–water partition coefficient (Wildman–Crippen LogP) is 1.63. The van der Waals surface area contributed by atoms with Crippen LogP contribution in [0.25, 0.3) is 0 Å². The van der Waals surface area contributed by atoms with Crippen LogP contribution in [0.1, 0.15) is 6.42 Å². The van der Waals surface area contributed by atoms with E-state index in [4.69, 9.17) is 5.73 Å². The minimum absolute atomic E-state index is 0.0138. The highest BCUT2D eigenvalue weighted by Crippen LogP contribution is 2.16. The highest BCUT2D eigenvalue weighted by atomic mass is 19.1. The van der Waals surface area contributed by atoms with Gasteiger partial charge in [-0.15, -0.1) is 0 Å². The molecule has 3 N–H and O–H groups in total. The van der Waals surface area contributed by atoms with E-state index in [0.717, 1.165) is 0 Å². The average molecular weight is 248 g/mol. The standard InChI is InChI=1S/C12H13FN4O/c13-10-3-2-9(8-11(10)14)16-12(18)4-7-17-6-1-5-15-17/h1-3,5-6,8H,4,7,14H2,(H,16,18). The zero-order valence-corrected chi connectivity index (χ0v) is 9.64. The first-order chi connectivity index (χ1) is 8.65. The summed E-state index contributed by atoms with van der Waals surface area (Å²) in [5.41, 5.74) is 5.91. The van der Waals surface area contributed by atoms with Gasteiger partial charge < -0.3 is 11.1 Å². The first kappa shape index (κ1) is 12.1. The van der Waals surface area contributed by atoms with Gasteiger partial charge in [0.15, 0.2) is 0 Å². The van der Waals surface area contributed by atoms with Crippen molar-refractivity contribution in [1.82, 2.24) is 9.78 Å². The fourth-order valence-corrected chi connectivity index (χ4v) is 1.49. The molecule has 0 aliphatic rings. The summed E-state index contributed by atoms with van der Waals surface area (Å²) in [6.07, 6.45) is 3.72. The summed E-state index contributed by atoms with van der Waals surface area (Å²) in [7, 11) is 0. The van der Waals surface area contributed by atoms with E-state index in [2.05, 4.69) is 10.4 Å². The minimum Gasteiger partial charge on any atom is -0.396 e. The summed E-state index contributed by atoms with van der Waals surface area (Å²) in [6, 6.07) is 5.87. The lowest BCUT2D eigenvalue weighted by molar-refractivity contribution is -0.116. The Hall–Kier alpha value is -2.37. The Morgan fingerprint density at radius 2 is 2.33 bits per heavy atom. The van der Waals surface area contributed by atoms with Gasteiger partial charge in [0.2, 0.25) is 5.91 Å². The molecule has 2 rings (SSSR count). The van der Waals surface area contributed by atoms with Crippen LogP contribution in [0, 0.1) is 5.82 Å². The topological polar surface area (TPSA) is 72.9 Å². The predicted molar refractivity (Wildman–Crippen MR) is 66.3 cm³/mol. The maximum Gasteiger partial charge on any atom is 0.226 e. The van der Waals surface area contributed by atoms with E-state index in [1.54, 1.807) is 23.1 Å². The monoisotopic (exact) mass is 248 g/mol. The molecular weight excluding hydrogens is 235 g/mol. The molecule has 94 valence electrons. The largest absolute Gasteiger partial charge is 0.396 e. The molecule has 5 nitrogen and oxygen atoms in total. The van der Waals surface area contributed by atoms with E-state index in [-0.39, 0.29) is 11.6 Å². The van der Waals surface area contributed by atoms with Gasteiger partial charge in [-0.25, -0.2) is 4.39 Å². The number of nitrogen functional groups attached to an aromatic ring is 1. The van der Waals surface area contributed by atoms with E-state index in [0.29, 0.717) is 18.7 Å². The number of nitrogens with zero attached hydrogens (tertiary/aromatic N) is 2. The Morgan fingerprint density at radius 1 is 1.50 bits per heavy atom. The van der Waals surface area contributed by atoms with E-state index in [9.17, 15) is 9.18 Å². The highest BCUT2D eigenvalue weighted by molar-refractivity contribution is 5.91. The molecule has 0 bridgehead atoms. The number of amides is 1. The van der Waals surface area contributed by atoms with E-state index < -0.39 is 5.82 Å². The van der Waals surface area contributed by atoms with E-state index in [1.807, 2.05) is 0 Å². The molecule has 0 saturated carbocycles. The van der Waals surface area contributed by atoms with Crippen molar-refractivity contribution in [2.75, 3.05) is 11.1 Å². The number of nitrogens with one attached hydrogen (secondary N) is 1.